The fourth-order valence-electron chi connectivity index (χ4n) is 3.10. The lowest BCUT2D eigenvalue weighted by molar-refractivity contribution is -0.146. The SMILES string of the molecule is C=C1CCC(O)[C@@H]1COP(NC(C)C(=O)OCc1ccccc1)Oc1ccccc1. The van der Waals surface area contributed by atoms with E-state index in [-0.39, 0.29) is 19.1 Å². The molecule has 30 heavy (non-hydrogen) atoms. The second-order valence-electron chi connectivity index (χ2n) is 7.27. The Kier molecular flexibility index (Phi) is 8.40. The van der Waals surface area contributed by atoms with Crippen molar-refractivity contribution < 1.29 is 23.7 Å². The molecule has 0 bridgehead atoms. The molecule has 0 spiro atoms. The lowest BCUT2D eigenvalue weighted by atomic mass is 10.0. The van der Waals surface area contributed by atoms with Gasteiger partial charge in [0.1, 0.15) is 18.4 Å². The van der Waals surface area contributed by atoms with E-state index >= 15 is 0 Å². The average Bonchev–Trinajstić information content (AvgIpc) is 3.09. The van der Waals surface area contributed by atoms with Gasteiger partial charge < -0.3 is 18.9 Å². The van der Waals surface area contributed by atoms with Crippen LogP contribution in [0.5, 0.6) is 5.75 Å². The highest BCUT2D eigenvalue weighted by molar-refractivity contribution is 7.45. The Bertz CT molecular complexity index is 817. The summed E-state index contributed by atoms with van der Waals surface area (Å²) in [5.74, 6) is 0.111. The fraction of sp³-hybridized carbons (Fsp3) is 0.348. The average molecular weight is 429 g/mol. The van der Waals surface area contributed by atoms with E-state index in [2.05, 4.69) is 11.7 Å². The second kappa shape index (κ2) is 11.2. The lowest BCUT2D eigenvalue weighted by Crippen LogP contribution is -2.34. The van der Waals surface area contributed by atoms with E-state index in [1.807, 2.05) is 60.7 Å². The van der Waals surface area contributed by atoms with Crippen molar-refractivity contribution >= 4 is 14.5 Å². The van der Waals surface area contributed by atoms with E-state index in [1.54, 1.807) is 6.92 Å². The van der Waals surface area contributed by atoms with E-state index < -0.39 is 26.6 Å². The third-order valence-electron chi connectivity index (χ3n) is 4.93. The molecule has 2 N–H and O–H groups in total. The quantitative estimate of drug-likeness (QED) is 0.332. The predicted molar refractivity (Wildman–Crippen MR) is 117 cm³/mol. The first-order valence-electron chi connectivity index (χ1n) is 10.0. The summed E-state index contributed by atoms with van der Waals surface area (Å²) in [5.41, 5.74) is 1.90. The Morgan fingerprint density at radius 2 is 1.87 bits per heavy atom. The molecule has 1 aliphatic rings. The smallest absolute Gasteiger partial charge is 0.323 e. The minimum atomic E-state index is -1.63. The van der Waals surface area contributed by atoms with Gasteiger partial charge in [-0.15, -0.1) is 0 Å². The first kappa shape index (κ1) is 22.4. The standard InChI is InChI=1S/C23H28NO5P/c1-17-13-14-22(25)21(17)16-28-30(29-20-11-7-4-8-12-20)24-18(2)23(26)27-15-19-9-5-3-6-10-19/h3-12,18,21-22,24-25H,1,13-16H2,2H3/t18?,21-,22?,30?/m1/s1. The van der Waals surface area contributed by atoms with Crippen LogP contribution < -0.4 is 9.61 Å². The number of aliphatic hydroxyl groups is 1. The van der Waals surface area contributed by atoms with Gasteiger partial charge in [0.05, 0.1) is 12.7 Å². The zero-order valence-corrected chi connectivity index (χ0v) is 18.0. The van der Waals surface area contributed by atoms with Crippen LogP contribution in [0.4, 0.5) is 0 Å². The van der Waals surface area contributed by atoms with Gasteiger partial charge in [-0.1, -0.05) is 60.7 Å². The molecule has 2 aromatic rings. The summed E-state index contributed by atoms with van der Waals surface area (Å²) < 4.78 is 17.3. The Morgan fingerprint density at radius 3 is 2.50 bits per heavy atom. The summed E-state index contributed by atoms with van der Waals surface area (Å²) >= 11 is 0. The van der Waals surface area contributed by atoms with E-state index in [4.69, 9.17) is 13.8 Å². The van der Waals surface area contributed by atoms with Crippen molar-refractivity contribution in [3.05, 3.63) is 78.4 Å². The van der Waals surface area contributed by atoms with Crippen molar-refractivity contribution in [1.82, 2.24) is 5.09 Å². The number of hydrogen-bond donors (Lipinski definition) is 2. The van der Waals surface area contributed by atoms with Crippen LogP contribution in [-0.2, 0) is 20.7 Å². The highest BCUT2D eigenvalue weighted by Gasteiger charge is 2.31. The van der Waals surface area contributed by atoms with Crippen molar-refractivity contribution in [3.8, 4) is 5.75 Å². The van der Waals surface area contributed by atoms with Crippen molar-refractivity contribution in [3.63, 3.8) is 0 Å². The van der Waals surface area contributed by atoms with Gasteiger partial charge in [0, 0.05) is 5.92 Å². The van der Waals surface area contributed by atoms with Crippen molar-refractivity contribution in [1.29, 1.82) is 0 Å². The van der Waals surface area contributed by atoms with Crippen molar-refractivity contribution in [2.45, 2.75) is 38.5 Å². The number of hydrogen-bond acceptors (Lipinski definition) is 6. The number of benzene rings is 2. The molecule has 160 valence electrons. The number of para-hydroxylation sites is 1. The normalized spacial score (nSPS) is 20.5. The molecule has 1 aliphatic carbocycles. The number of esters is 1. The molecule has 1 fully saturated rings. The largest absolute Gasteiger partial charge is 0.460 e. The molecule has 7 heteroatoms. The maximum atomic E-state index is 12.4. The van der Waals surface area contributed by atoms with Gasteiger partial charge in [-0.05, 0) is 37.5 Å². The topological polar surface area (TPSA) is 77.0 Å². The van der Waals surface area contributed by atoms with Crippen LogP contribution >= 0.6 is 8.53 Å². The molecule has 1 saturated carbocycles. The first-order chi connectivity index (χ1) is 14.5. The Labute approximate surface area is 178 Å². The summed E-state index contributed by atoms with van der Waals surface area (Å²) in [6.07, 6.45) is 1.03. The molecule has 0 radical (unpaired) electrons. The number of nitrogens with one attached hydrogen (secondary N) is 1. The molecule has 3 rings (SSSR count). The molecule has 2 aromatic carbocycles. The molecule has 0 aliphatic heterocycles. The van der Waals surface area contributed by atoms with Gasteiger partial charge in [-0.2, -0.15) is 0 Å². The highest BCUT2D eigenvalue weighted by atomic mass is 31.2. The van der Waals surface area contributed by atoms with Gasteiger partial charge in [0.25, 0.3) is 0 Å². The van der Waals surface area contributed by atoms with Gasteiger partial charge in [-0.25, -0.2) is 5.09 Å². The van der Waals surface area contributed by atoms with E-state index in [1.165, 1.54) is 0 Å². The van der Waals surface area contributed by atoms with Crippen LogP contribution in [0.15, 0.2) is 72.8 Å². The summed E-state index contributed by atoms with van der Waals surface area (Å²) in [7, 11) is -1.63. The van der Waals surface area contributed by atoms with E-state index in [0.717, 1.165) is 17.6 Å². The number of aliphatic hydroxyl groups excluding tert-OH is 1. The zero-order chi connectivity index (χ0) is 21.3. The van der Waals surface area contributed by atoms with Gasteiger partial charge in [0.15, 0.2) is 0 Å². The molecule has 3 unspecified atom stereocenters. The fourth-order valence-corrected chi connectivity index (χ4v) is 4.31. The first-order valence-corrected chi connectivity index (χ1v) is 11.2. The molecule has 0 saturated heterocycles. The van der Waals surface area contributed by atoms with Crippen LogP contribution in [0.2, 0.25) is 0 Å². The van der Waals surface area contributed by atoms with Crippen molar-refractivity contribution in [2.75, 3.05) is 6.61 Å². The summed E-state index contributed by atoms with van der Waals surface area (Å²) in [6, 6.07) is 18.2. The van der Waals surface area contributed by atoms with Gasteiger partial charge >= 0.3 is 14.5 Å². The van der Waals surface area contributed by atoms with E-state index in [0.29, 0.717) is 12.2 Å². The molecular formula is C23H28NO5P. The summed E-state index contributed by atoms with van der Waals surface area (Å²) in [5, 5.41) is 13.2. The van der Waals surface area contributed by atoms with Crippen LogP contribution in [0.1, 0.15) is 25.3 Å². The highest BCUT2D eigenvalue weighted by Crippen LogP contribution is 2.39. The second-order valence-corrected chi connectivity index (χ2v) is 8.49. The molecule has 0 aromatic heterocycles. The number of rotatable bonds is 10. The molecule has 0 heterocycles. The van der Waals surface area contributed by atoms with E-state index in [9.17, 15) is 9.90 Å². The minimum Gasteiger partial charge on any atom is -0.460 e. The summed E-state index contributed by atoms with van der Waals surface area (Å²) in [6.45, 7) is 6.22. The van der Waals surface area contributed by atoms with Crippen LogP contribution in [0.25, 0.3) is 0 Å². The Hall–Kier alpha value is -2.24. The zero-order valence-electron chi connectivity index (χ0n) is 17.1. The molecular weight excluding hydrogens is 401 g/mol. The maximum absolute atomic E-state index is 12.4. The van der Waals surface area contributed by atoms with Crippen molar-refractivity contribution in [2.24, 2.45) is 5.92 Å². The molecule has 6 nitrogen and oxygen atoms in total. The lowest BCUT2D eigenvalue weighted by Gasteiger charge is -2.24. The van der Waals surface area contributed by atoms with Crippen LogP contribution in [0.3, 0.4) is 0 Å². The third-order valence-corrected chi connectivity index (χ3v) is 6.29. The predicted octanol–water partition coefficient (Wildman–Crippen LogP) is 4.36. The van der Waals surface area contributed by atoms with Gasteiger partial charge in [-0.3, -0.25) is 4.79 Å². The summed E-state index contributed by atoms with van der Waals surface area (Å²) in [4.78, 5) is 12.4. The number of carbonyl (C=O) groups excluding carboxylic acids is 1. The molecule has 0 amide bonds. The maximum Gasteiger partial charge on any atom is 0.323 e. The number of carbonyl (C=O) groups is 1. The van der Waals surface area contributed by atoms with Crippen LogP contribution in [-0.4, -0.2) is 29.8 Å². The minimum absolute atomic E-state index is 0.128. The third kappa shape index (κ3) is 6.64. The number of ether oxygens (including phenoxy) is 1. The molecule has 4 atom stereocenters. The monoisotopic (exact) mass is 429 g/mol. The van der Waals surface area contributed by atoms with Gasteiger partial charge in [0.2, 0.25) is 0 Å². The van der Waals surface area contributed by atoms with Crippen LogP contribution in [0, 0.1) is 5.92 Å². The Morgan fingerprint density at radius 1 is 1.20 bits per heavy atom. The Balaban J connectivity index is 1.57.